The van der Waals surface area contributed by atoms with Crippen molar-refractivity contribution in [3.05, 3.63) is 77.4 Å². The van der Waals surface area contributed by atoms with E-state index in [1.54, 1.807) is 0 Å². The van der Waals surface area contributed by atoms with Crippen molar-refractivity contribution >= 4 is 6.08 Å². The highest BCUT2D eigenvalue weighted by Gasteiger charge is 2.25. The molecule has 1 aliphatic carbocycles. The van der Waals surface area contributed by atoms with Gasteiger partial charge in [0.2, 0.25) is 0 Å². The predicted molar refractivity (Wildman–Crippen MR) is 94.3 cm³/mol. The first-order valence-electron chi connectivity index (χ1n) is 8.35. The third kappa shape index (κ3) is 4.31. The van der Waals surface area contributed by atoms with E-state index in [4.69, 9.17) is 9.47 Å². The number of hydrogen-bond donors (Lipinski definition) is 0. The average Bonchev–Trinajstić information content (AvgIpc) is 2.58. The lowest BCUT2D eigenvalue weighted by Crippen LogP contribution is -2.20. The van der Waals surface area contributed by atoms with Crippen LogP contribution in [-0.4, -0.2) is 13.2 Å². The standard InChI is InChI=1S/C21H24O2/c1-2-17-9-11-18(12-10-17)16-22-13-5-6-14-23-21-15-19-7-3-4-8-20(19)21/h2-4,7-12,21H,1,5-6,13-16H2. The first-order chi connectivity index (χ1) is 11.4. The van der Waals surface area contributed by atoms with Crippen molar-refractivity contribution < 1.29 is 9.47 Å². The SMILES string of the molecule is C=Cc1ccc(COCCCCOC2Cc3ccccc32)cc1. The Kier molecular flexibility index (Phi) is 5.62. The Balaban J connectivity index is 1.24. The second-order valence-corrected chi connectivity index (χ2v) is 5.97. The molecular weight excluding hydrogens is 284 g/mol. The quantitative estimate of drug-likeness (QED) is 0.611. The third-order valence-electron chi connectivity index (χ3n) is 4.29. The number of rotatable bonds is 9. The minimum Gasteiger partial charge on any atom is -0.377 e. The Morgan fingerprint density at radius 2 is 1.78 bits per heavy atom. The Hall–Kier alpha value is -1.90. The zero-order chi connectivity index (χ0) is 15.9. The molecule has 2 aromatic carbocycles. The zero-order valence-electron chi connectivity index (χ0n) is 13.5. The molecule has 0 aromatic heterocycles. The van der Waals surface area contributed by atoms with E-state index in [9.17, 15) is 0 Å². The fourth-order valence-electron chi connectivity index (χ4n) is 2.83. The van der Waals surface area contributed by atoms with Gasteiger partial charge in [0.25, 0.3) is 0 Å². The highest BCUT2D eigenvalue weighted by molar-refractivity contribution is 5.47. The summed E-state index contributed by atoms with van der Waals surface area (Å²) in [5.41, 5.74) is 5.15. The van der Waals surface area contributed by atoms with Crippen molar-refractivity contribution in [3.8, 4) is 0 Å². The molecule has 0 saturated carbocycles. The molecule has 23 heavy (non-hydrogen) atoms. The Morgan fingerprint density at radius 1 is 1.00 bits per heavy atom. The summed E-state index contributed by atoms with van der Waals surface area (Å²) in [4.78, 5) is 0. The topological polar surface area (TPSA) is 18.5 Å². The monoisotopic (exact) mass is 308 g/mol. The minimum atomic E-state index is 0.315. The molecule has 0 fully saturated rings. The van der Waals surface area contributed by atoms with Gasteiger partial charge in [-0.05, 0) is 35.1 Å². The lowest BCUT2D eigenvalue weighted by atomic mass is 9.85. The zero-order valence-corrected chi connectivity index (χ0v) is 13.5. The van der Waals surface area contributed by atoms with Gasteiger partial charge in [0.1, 0.15) is 0 Å². The van der Waals surface area contributed by atoms with Gasteiger partial charge < -0.3 is 9.47 Å². The van der Waals surface area contributed by atoms with Gasteiger partial charge in [0.15, 0.2) is 0 Å². The van der Waals surface area contributed by atoms with E-state index in [1.165, 1.54) is 16.7 Å². The van der Waals surface area contributed by atoms with Gasteiger partial charge >= 0.3 is 0 Å². The van der Waals surface area contributed by atoms with Crippen LogP contribution < -0.4 is 0 Å². The molecule has 0 spiro atoms. The van der Waals surface area contributed by atoms with Gasteiger partial charge in [-0.1, -0.05) is 61.2 Å². The molecule has 1 aliphatic rings. The van der Waals surface area contributed by atoms with Crippen molar-refractivity contribution in [1.29, 1.82) is 0 Å². The molecule has 0 bridgehead atoms. The number of unbranched alkanes of at least 4 members (excludes halogenated alkanes) is 1. The first-order valence-corrected chi connectivity index (χ1v) is 8.35. The van der Waals surface area contributed by atoms with Crippen molar-refractivity contribution in [2.45, 2.75) is 32.0 Å². The van der Waals surface area contributed by atoms with Gasteiger partial charge in [-0.25, -0.2) is 0 Å². The van der Waals surface area contributed by atoms with Crippen molar-refractivity contribution in [1.82, 2.24) is 0 Å². The van der Waals surface area contributed by atoms with E-state index in [1.807, 2.05) is 6.08 Å². The molecule has 0 heterocycles. The second-order valence-electron chi connectivity index (χ2n) is 5.97. The van der Waals surface area contributed by atoms with Crippen LogP contribution in [-0.2, 0) is 22.5 Å². The molecule has 0 N–H and O–H groups in total. The van der Waals surface area contributed by atoms with E-state index < -0.39 is 0 Å². The molecule has 120 valence electrons. The number of fused-ring (bicyclic) bond motifs is 1. The third-order valence-corrected chi connectivity index (χ3v) is 4.29. The minimum absolute atomic E-state index is 0.315. The molecule has 0 aliphatic heterocycles. The molecular formula is C21H24O2. The van der Waals surface area contributed by atoms with Crippen LogP contribution >= 0.6 is 0 Å². The largest absolute Gasteiger partial charge is 0.377 e. The van der Waals surface area contributed by atoms with E-state index >= 15 is 0 Å². The lowest BCUT2D eigenvalue weighted by molar-refractivity contribution is 0.0292. The normalized spacial score (nSPS) is 15.7. The maximum Gasteiger partial charge on any atom is 0.0868 e. The molecule has 2 nitrogen and oxygen atoms in total. The molecule has 2 heteroatoms. The van der Waals surface area contributed by atoms with Crippen LogP contribution in [0.2, 0.25) is 0 Å². The van der Waals surface area contributed by atoms with Gasteiger partial charge in [0.05, 0.1) is 12.7 Å². The van der Waals surface area contributed by atoms with E-state index in [0.717, 1.165) is 38.0 Å². The molecule has 1 atom stereocenters. The fourth-order valence-corrected chi connectivity index (χ4v) is 2.83. The van der Waals surface area contributed by atoms with Crippen LogP contribution in [0.5, 0.6) is 0 Å². The second kappa shape index (κ2) is 8.09. The summed E-state index contributed by atoms with van der Waals surface area (Å²) in [6.45, 7) is 6.03. The van der Waals surface area contributed by atoms with E-state index in [2.05, 4.69) is 55.1 Å². The van der Waals surface area contributed by atoms with Crippen LogP contribution in [0.15, 0.2) is 55.1 Å². The Morgan fingerprint density at radius 3 is 2.57 bits per heavy atom. The summed E-state index contributed by atoms with van der Waals surface area (Å²) in [6.07, 6.45) is 5.32. The highest BCUT2D eigenvalue weighted by atomic mass is 16.5. The summed E-state index contributed by atoms with van der Waals surface area (Å²) in [5.74, 6) is 0. The fraction of sp³-hybridized carbons (Fsp3) is 0.333. The lowest BCUT2D eigenvalue weighted by Gasteiger charge is -2.29. The predicted octanol–water partition coefficient (Wildman–Crippen LogP) is 4.94. The highest BCUT2D eigenvalue weighted by Crippen LogP contribution is 2.35. The Labute approximate surface area is 138 Å². The number of benzene rings is 2. The Bertz CT molecular complexity index is 631. The average molecular weight is 308 g/mol. The van der Waals surface area contributed by atoms with Crippen LogP contribution in [0.1, 0.15) is 41.2 Å². The maximum atomic E-state index is 5.93. The van der Waals surface area contributed by atoms with Crippen LogP contribution in [0.4, 0.5) is 0 Å². The van der Waals surface area contributed by atoms with Gasteiger partial charge in [-0.3, -0.25) is 0 Å². The molecule has 2 aromatic rings. The molecule has 0 saturated heterocycles. The number of ether oxygens (including phenoxy) is 2. The summed E-state index contributed by atoms with van der Waals surface area (Å²) in [7, 11) is 0. The van der Waals surface area contributed by atoms with Crippen LogP contribution in [0.3, 0.4) is 0 Å². The van der Waals surface area contributed by atoms with Crippen LogP contribution in [0, 0.1) is 0 Å². The summed E-state index contributed by atoms with van der Waals surface area (Å²) < 4.78 is 11.6. The summed E-state index contributed by atoms with van der Waals surface area (Å²) >= 11 is 0. The molecule has 1 unspecified atom stereocenters. The van der Waals surface area contributed by atoms with Crippen molar-refractivity contribution in [3.63, 3.8) is 0 Å². The number of hydrogen-bond acceptors (Lipinski definition) is 2. The van der Waals surface area contributed by atoms with Crippen LogP contribution in [0.25, 0.3) is 6.08 Å². The van der Waals surface area contributed by atoms with Crippen molar-refractivity contribution in [2.75, 3.05) is 13.2 Å². The molecule has 3 rings (SSSR count). The molecule has 0 amide bonds. The maximum absolute atomic E-state index is 5.93. The smallest absolute Gasteiger partial charge is 0.0868 e. The van der Waals surface area contributed by atoms with E-state index in [0.29, 0.717) is 12.7 Å². The van der Waals surface area contributed by atoms with Gasteiger partial charge in [-0.2, -0.15) is 0 Å². The van der Waals surface area contributed by atoms with Gasteiger partial charge in [-0.15, -0.1) is 0 Å². The van der Waals surface area contributed by atoms with Crippen molar-refractivity contribution in [2.24, 2.45) is 0 Å². The van der Waals surface area contributed by atoms with E-state index in [-0.39, 0.29) is 0 Å². The summed E-state index contributed by atoms with van der Waals surface area (Å²) in [5, 5.41) is 0. The molecule has 0 radical (unpaired) electrons. The van der Waals surface area contributed by atoms with Gasteiger partial charge in [0, 0.05) is 19.6 Å². The summed E-state index contributed by atoms with van der Waals surface area (Å²) in [6, 6.07) is 16.9. The first kappa shape index (κ1) is 16.0.